The summed E-state index contributed by atoms with van der Waals surface area (Å²) in [6.07, 6.45) is 3.57. The Labute approximate surface area is 99.7 Å². The SMILES string of the molecule is O=C(NC1CCCOC1)NC(C(=O)O)C1CC1. The van der Waals surface area contributed by atoms with Crippen molar-refractivity contribution in [2.75, 3.05) is 13.2 Å². The molecule has 1 aliphatic heterocycles. The monoisotopic (exact) mass is 242 g/mol. The Morgan fingerprint density at radius 3 is 2.59 bits per heavy atom. The highest BCUT2D eigenvalue weighted by Gasteiger charge is 2.37. The first-order valence-corrected chi connectivity index (χ1v) is 6.04. The van der Waals surface area contributed by atoms with Gasteiger partial charge < -0.3 is 20.5 Å². The number of carboxylic acids is 1. The van der Waals surface area contributed by atoms with Crippen molar-refractivity contribution in [2.24, 2.45) is 5.92 Å². The topological polar surface area (TPSA) is 87.7 Å². The van der Waals surface area contributed by atoms with Crippen molar-refractivity contribution in [3.8, 4) is 0 Å². The van der Waals surface area contributed by atoms with Crippen molar-refractivity contribution < 1.29 is 19.4 Å². The van der Waals surface area contributed by atoms with E-state index in [1.165, 1.54) is 0 Å². The first kappa shape index (κ1) is 12.2. The van der Waals surface area contributed by atoms with Gasteiger partial charge >= 0.3 is 12.0 Å². The highest BCUT2D eigenvalue weighted by molar-refractivity contribution is 5.83. The van der Waals surface area contributed by atoms with E-state index in [1.54, 1.807) is 0 Å². The Morgan fingerprint density at radius 2 is 2.06 bits per heavy atom. The van der Waals surface area contributed by atoms with Gasteiger partial charge in [0.05, 0.1) is 12.6 Å². The summed E-state index contributed by atoms with van der Waals surface area (Å²) in [5, 5.41) is 14.2. The Bertz CT molecular complexity index is 298. The van der Waals surface area contributed by atoms with Crippen molar-refractivity contribution in [1.29, 1.82) is 0 Å². The van der Waals surface area contributed by atoms with Gasteiger partial charge in [0.25, 0.3) is 0 Å². The molecule has 3 N–H and O–H groups in total. The van der Waals surface area contributed by atoms with E-state index < -0.39 is 18.0 Å². The smallest absolute Gasteiger partial charge is 0.326 e. The number of amides is 2. The molecule has 96 valence electrons. The molecule has 0 aromatic carbocycles. The fraction of sp³-hybridized carbons (Fsp3) is 0.818. The van der Waals surface area contributed by atoms with Crippen LogP contribution in [-0.2, 0) is 9.53 Å². The highest BCUT2D eigenvalue weighted by atomic mass is 16.5. The van der Waals surface area contributed by atoms with Crippen molar-refractivity contribution >= 4 is 12.0 Å². The van der Waals surface area contributed by atoms with E-state index in [0.29, 0.717) is 6.61 Å². The molecule has 2 amide bonds. The minimum absolute atomic E-state index is 0.00241. The van der Waals surface area contributed by atoms with Gasteiger partial charge in [-0.2, -0.15) is 0 Å². The van der Waals surface area contributed by atoms with E-state index in [9.17, 15) is 9.59 Å². The lowest BCUT2D eigenvalue weighted by atomic mass is 10.1. The van der Waals surface area contributed by atoms with Crippen molar-refractivity contribution in [2.45, 2.75) is 37.8 Å². The number of hydrogen-bond donors (Lipinski definition) is 3. The molecule has 1 saturated heterocycles. The summed E-state index contributed by atoms with van der Waals surface area (Å²) in [5.41, 5.74) is 0. The summed E-state index contributed by atoms with van der Waals surface area (Å²) in [6, 6.07) is -1.16. The van der Waals surface area contributed by atoms with Crippen molar-refractivity contribution in [3.05, 3.63) is 0 Å². The summed E-state index contributed by atoms with van der Waals surface area (Å²) < 4.78 is 5.24. The minimum Gasteiger partial charge on any atom is -0.480 e. The number of ether oxygens (including phenoxy) is 1. The Kier molecular flexibility index (Phi) is 3.83. The summed E-state index contributed by atoms with van der Waals surface area (Å²) in [4.78, 5) is 22.6. The molecule has 0 spiro atoms. The molecule has 6 nitrogen and oxygen atoms in total. The third-order valence-electron chi connectivity index (χ3n) is 3.14. The Balaban J connectivity index is 1.76. The number of carbonyl (C=O) groups is 2. The summed E-state index contributed by atoms with van der Waals surface area (Å²) in [5.74, 6) is -0.858. The molecular formula is C11H18N2O4. The van der Waals surface area contributed by atoms with Crippen molar-refractivity contribution in [3.63, 3.8) is 0 Å². The van der Waals surface area contributed by atoms with Crippen LogP contribution in [0.1, 0.15) is 25.7 Å². The average Bonchev–Trinajstić information content (AvgIpc) is 3.11. The summed E-state index contributed by atoms with van der Waals surface area (Å²) >= 11 is 0. The van der Waals surface area contributed by atoms with Gasteiger partial charge in [0, 0.05) is 6.61 Å². The second-order valence-electron chi connectivity index (χ2n) is 4.69. The zero-order valence-corrected chi connectivity index (χ0v) is 9.65. The number of hydrogen-bond acceptors (Lipinski definition) is 3. The molecule has 0 aromatic heterocycles. The lowest BCUT2D eigenvalue weighted by Gasteiger charge is -2.24. The van der Waals surface area contributed by atoms with E-state index in [0.717, 1.165) is 32.3 Å². The Hall–Kier alpha value is -1.30. The van der Waals surface area contributed by atoms with Gasteiger partial charge in [0.15, 0.2) is 0 Å². The Morgan fingerprint density at radius 1 is 1.29 bits per heavy atom. The second kappa shape index (κ2) is 5.35. The third-order valence-corrected chi connectivity index (χ3v) is 3.14. The minimum atomic E-state index is -0.956. The molecule has 1 aliphatic carbocycles. The zero-order chi connectivity index (χ0) is 12.3. The molecule has 6 heteroatoms. The van der Waals surface area contributed by atoms with Crippen LogP contribution in [0.3, 0.4) is 0 Å². The molecular weight excluding hydrogens is 224 g/mol. The van der Waals surface area contributed by atoms with Crippen LogP contribution in [0.15, 0.2) is 0 Å². The van der Waals surface area contributed by atoms with Gasteiger partial charge in [-0.25, -0.2) is 9.59 Å². The van der Waals surface area contributed by atoms with Crippen LogP contribution in [0.5, 0.6) is 0 Å². The maximum atomic E-state index is 11.6. The molecule has 2 atom stereocenters. The van der Waals surface area contributed by atoms with Crippen LogP contribution in [0.4, 0.5) is 4.79 Å². The number of rotatable bonds is 4. The lowest BCUT2D eigenvalue weighted by Crippen LogP contribution is -2.51. The van der Waals surface area contributed by atoms with Crippen molar-refractivity contribution in [1.82, 2.24) is 10.6 Å². The maximum absolute atomic E-state index is 11.6. The van der Waals surface area contributed by atoms with E-state index >= 15 is 0 Å². The maximum Gasteiger partial charge on any atom is 0.326 e. The molecule has 1 saturated carbocycles. The van der Waals surface area contributed by atoms with Gasteiger partial charge in [0.2, 0.25) is 0 Å². The standard InChI is InChI=1S/C11H18N2O4/c14-10(15)9(7-3-4-7)13-11(16)12-8-2-1-5-17-6-8/h7-9H,1-6H2,(H,14,15)(H2,12,13,16). The molecule has 0 aromatic rings. The highest BCUT2D eigenvalue weighted by Crippen LogP contribution is 2.32. The van der Waals surface area contributed by atoms with Crippen LogP contribution in [0.2, 0.25) is 0 Å². The van der Waals surface area contributed by atoms with Crippen LogP contribution >= 0.6 is 0 Å². The molecule has 2 fully saturated rings. The number of aliphatic carboxylic acids is 1. The van der Waals surface area contributed by atoms with Gasteiger partial charge in [-0.1, -0.05) is 0 Å². The quantitative estimate of drug-likeness (QED) is 0.663. The van der Waals surface area contributed by atoms with Crippen LogP contribution in [-0.4, -0.2) is 42.4 Å². The second-order valence-corrected chi connectivity index (χ2v) is 4.69. The molecule has 2 rings (SSSR count). The normalized spacial score (nSPS) is 26.0. The third kappa shape index (κ3) is 3.59. The molecule has 2 aliphatic rings. The molecule has 17 heavy (non-hydrogen) atoms. The van der Waals surface area contributed by atoms with E-state index in [2.05, 4.69) is 10.6 Å². The largest absolute Gasteiger partial charge is 0.480 e. The van der Waals surface area contributed by atoms with Gasteiger partial charge in [-0.15, -0.1) is 0 Å². The fourth-order valence-electron chi connectivity index (χ4n) is 2.03. The molecule has 0 radical (unpaired) electrons. The number of carbonyl (C=O) groups excluding carboxylic acids is 1. The summed E-state index contributed by atoms with van der Waals surface area (Å²) in [6.45, 7) is 1.24. The fourth-order valence-corrected chi connectivity index (χ4v) is 2.03. The molecule has 1 heterocycles. The number of nitrogens with one attached hydrogen (secondary N) is 2. The first-order chi connectivity index (χ1) is 8.16. The lowest BCUT2D eigenvalue weighted by molar-refractivity contribution is -0.139. The molecule has 2 unspecified atom stereocenters. The summed E-state index contributed by atoms with van der Waals surface area (Å²) in [7, 11) is 0. The van der Waals surface area contributed by atoms with Crippen LogP contribution in [0, 0.1) is 5.92 Å². The number of carboxylic acid groups (broad SMARTS) is 1. The van der Waals surface area contributed by atoms with Gasteiger partial charge in [-0.3, -0.25) is 0 Å². The zero-order valence-electron chi connectivity index (χ0n) is 9.65. The van der Waals surface area contributed by atoms with Crippen LogP contribution < -0.4 is 10.6 Å². The predicted octanol–water partition coefficient (Wildman–Crippen LogP) is 0.328. The average molecular weight is 242 g/mol. The van der Waals surface area contributed by atoms with Gasteiger partial charge in [0.1, 0.15) is 6.04 Å². The van der Waals surface area contributed by atoms with Crippen LogP contribution in [0.25, 0.3) is 0 Å². The molecule has 0 bridgehead atoms. The van der Waals surface area contributed by atoms with E-state index in [4.69, 9.17) is 9.84 Å². The number of urea groups is 1. The predicted molar refractivity (Wildman–Crippen MR) is 59.7 cm³/mol. The first-order valence-electron chi connectivity index (χ1n) is 6.04. The van der Waals surface area contributed by atoms with E-state index in [-0.39, 0.29) is 12.0 Å². The van der Waals surface area contributed by atoms with Gasteiger partial charge in [-0.05, 0) is 31.6 Å². The van der Waals surface area contributed by atoms with E-state index in [1.807, 2.05) is 0 Å².